The van der Waals surface area contributed by atoms with Gasteiger partial charge in [0.15, 0.2) is 0 Å². The van der Waals surface area contributed by atoms with E-state index < -0.39 is 23.1 Å². The Morgan fingerprint density at radius 2 is 2.00 bits per heavy atom. The average molecular weight is 252 g/mol. The molecular formula is C8H10F2N2O3S. The third-order valence-corrected chi connectivity index (χ3v) is 2.67. The molecule has 90 valence electrons. The molecule has 0 aliphatic rings. The molecule has 5 nitrogen and oxygen atoms in total. The molecule has 0 radical (unpaired) electrons. The summed E-state index contributed by atoms with van der Waals surface area (Å²) >= 11 is 0. The summed E-state index contributed by atoms with van der Waals surface area (Å²) in [5.41, 5.74) is 5.15. The number of nitrogens with two attached hydrogens (primary N) is 2. The van der Waals surface area contributed by atoms with Crippen LogP contribution in [0.1, 0.15) is 0 Å². The molecule has 8 heteroatoms. The standard InChI is InChI=1S/C8H10F2N2O3S/c9-7(10)4-15-5-2-1-3-6(8(5)11)16(12,13)14/h1-3,7H,4,11H2,(H2,12,13,14). The van der Waals surface area contributed by atoms with E-state index in [2.05, 4.69) is 4.74 Å². The van der Waals surface area contributed by atoms with Crippen LogP contribution in [0.5, 0.6) is 5.75 Å². The Hall–Kier alpha value is -1.41. The number of sulfonamides is 1. The molecule has 1 aromatic rings. The van der Waals surface area contributed by atoms with Gasteiger partial charge in [-0.05, 0) is 12.1 Å². The third-order valence-electron chi connectivity index (χ3n) is 1.70. The van der Waals surface area contributed by atoms with E-state index in [0.717, 1.165) is 0 Å². The molecule has 0 saturated heterocycles. The van der Waals surface area contributed by atoms with Crippen LogP contribution in [-0.2, 0) is 10.0 Å². The SMILES string of the molecule is Nc1c(OCC(F)F)cccc1S(N)(=O)=O. The van der Waals surface area contributed by atoms with Crippen molar-refractivity contribution in [3.05, 3.63) is 18.2 Å². The second-order valence-electron chi connectivity index (χ2n) is 2.92. The molecule has 0 unspecified atom stereocenters. The zero-order valence-electron chi connectivity index (χ0n) is 8.06. The molecule has 0 aliphatic carbocycles. The molecular weight excluding hydrogens is 242 g/mol. The Morgan fingerprint density at radius 3 is 2.50 bits per heavy atom. The zero-order chi connectivity index (χ0) is 12.3. The van der Waals surface area contributed by atoms with Gasteiger partial charge in [-0.1, -0.05) is 6.07 Å². The van der Waals surface area contributed by atoms with Crippen LogP contribution >= 0.6 is 0 Å². The minimum Gasteiger partial charge on any atom is -0.485 e. The Kier molecular flexibility index (Phi) is 3.66. The second kappa shape index (κ2) is 4.62. The number of hydrogen-bond donors (Lipinski definition) is 2. The van der Waals surface area contributed by atoms with Gasteiger partial charge in [0, 0.05) is 0 Å². The van der Waals surface area contributed by atoms with Gasteiger partial charge in [0.2, 0.25) is 10.0 Å². The number of alkyl halides is 2. The molecule has 0 aliphatic heterocycles. The summed E-state index contributed by atoms with van der Waals surface area (Å²) in [5.74, 6) is -0.133. The number of ether oxygens (including phenoxy) is 1. The largest absolute Gasteiger partial charge is 0.485 e. The van der Waals surface area contributed by atoms with E-state index in [1.165, 1.54) is 18.2 Å². The monoisotopic (exact) mass is 252 g/mol. The van der Waals surface area contributed by atoms with E-state index in [9.17, 15) is 17.2 Å². The Labute approximate surface area is 91.0 Å². The van der Waals surface area contributed by atoms with Gasteiger partial charge in [0.1, 0.15) is 17.3 Å². The maximum atomic E-state index is 11.9. The molecule has 0 amide bonds. The fourth-order valence-corrected chi connectivity index (χ4v) is 1.73. The highest BCUT2D eigenvalue weighted by molar-refractivity contribution is 7.89. The molecule has 1 aromatic carbocycles. The Balaban J connectivity index is 3.05. The summed E-state index contributed by atoms with van der Waals surface area (Å²) in [6.45, 7) is -0.863. The van der Waals surface area contributed by atoms with Gasteiger partial charge in [-0.25, -0.2) is 22.3 Å². The summed E-state index contributed by atoms with van der Waals surface area (Å²) < 4.78 is 50.5. The summed E-state index contributed by atoms with van der Waals surface area (Å²) in [6, 6.07) is 3.75. The van der Waals surface area contributed by atoms with Crippen LogP contribution in [-0.4, -0.2) is 21.5 Å². The van der Waals surface area contributed by atoms with Crippen molar-refractivity contribution in [1.29, 1.82) is 0 Å². The van der Waals surface area contributed by atoms with Gasteiger partial charge < -0.3 is 10.5 Å². The predicted octanol–water partition coefficient (Wildman–Crippen LogP) is 0.560. The predicted molar refractivity (Wildman–Crippen MR) is 53.7 cm³/mol. The highest BCUT2D eigenvalue weighted by Crippen LogP contribution is 2.27. The summed E-state index contributed by atoms with van der Waals surface area (Å²) in [5, 5.41) is 4.87. The number of anilines is 1. The summed E-state index contributed by atoms with van der Waals surface area (Å²) in [6.07, 6.45) is -2.67. The molecule has 0 aromatic heterocycles. The number of nitrogen functional groups attached to an aromatic ring is 1. The fraction of sp³-hybridized carbons (Fsp3) is 0.250. The maximum Gasteiger partial charge on any atom is 0.272 e. The normalized spacial score (nSPS) is 11.8. The Morgan fingerprint density at radius 1 is 1.38 bits per heavy atom. The number of rotatable bonds is 4. The van der Waals surface area contributed by atoms with Crippen molar-refractivity contribution in [3.8, 4) is 5.75 Å². The maximum absolute atomic E-state index is 11.9. The lowest BCUT2D eigenvalue weighted by Gasteiger charge is -2.10. The summed E-state index contributed by atoms with van der Waals surface area (Å²) in [4.78, 5) is -0.348. The number of para-hydroxylation sites is 1. The quantitative estimate of drug-likeness (QED) is 0.765. The molecule has 0 bridgehead atoms. The first-order valence-electron chi connectivity index (χ1n) is 4.14. The van der Waals surface area contributed by atoms with Crippen LogP contribution in [0.3, 0.4) is 0 Å². The highest BCUT2D eigenvalue weighted by atomic mass is 32.2. The van der Waals surface area contributed by atoms with Crippen LogP contribution in [0.25, 0.3) is 0 Å². The molecule has 0 fully saturated rings. The molecule has 0 heterocycles. The van der Waals surface area contributed by atoms with Gasteiger partial charge >= 0.3 is 0 Å². The summed E-state index contributed by atoms with van der Waals surface area (Å²) in [7, 11) is -3.99. The van der Waals surface area contributed by atoms with Crippen molar-refractivity contribution in [2.75, 3.05) is 12.3 Å². The molecule has 0 saturated carbocycles. The van der Waals surface area contributed by atoms with Gasteiger partial charge in [-0.15, -0.1) is 0 Å². The minimum atomic E-state index is -3.99. The first-order valence-corrected chi connectivity index (χ1v) is 5.69. The first kappa shape index (κ1) is 12.7. The lowest BCUT2D eigenvalue weighted by atomic mass is 10.3. The van der Waals surface area contributed by atoms with Crippen molar-refractivity contribution in [3.63, 3.8) is 0 Å². The smallest absolute Gasteiger partial charge is 0.272 e. The van der Waals surface area contributed by atoms with Crippen LogP contribution < -0.4 is 15.6 Å². The molecule has 4 N–H and O–H groups in total. The van der Waals surface area contributed by atoms with Gasteiger partial charge in [0.25, 0.3) is 6.43 Å². The van der Waals surface area contributed by atoms with E-state index in [1.54, 1.807) is 0 Å². The first-order chi connectivity index (χ1) is 7.32. The molecule has 16 heavy (non-hydrogen) atoms. The number of halogens is 2. The average Bonchev–Trinajstić information content (AvgIpc) is 2.14. The van der Waals surface area contributed by atoms with E-state index in [1.807, 2.05) is 0 Å². The lowest BCUT2D eigenvalue weighted by Crippen LogP contribution is -2.15. The highest BCUT2D eigenvalue weighted by Gasteiger charge is 2.16. The van der Waals surface area contributed by atoms with E-state index >= 15 is 0 Å². The number of hydrogen-bond acceptors (Lipinski definition) is 4. The van der Waals surface area contributed by atoms with Crippen molar-refractivity contribution in [1.82, 2.24) is 0 Å². The van der Waals surface area contributed by atoms with Crippen LogP contribution in [0, 0.1) is 0 Å². The molecule has 1 rings (SSSR count). The number of benzene rings is 1. The van der Waals surface area contributed by atoms with E-state index in [4.69, 9.17) is 10.9 Å². The van der Waals surface area contributed by atoms with Crippen LogP contribution in [0.15, 0.2) is 23.1 Å². The van der Waals surface area contributed by atoms with E-state index in [-0.39, 0.29) is 16.3 Å². The van der Waals surface area contributed by atoms with Crippen molar-refractivity contribution in [2.24, 2.45) is 5.14 Å². The van der Waals surface area contributed by atoms with Gasteiger partial charge in [-0.2, -0.15) is 0 Å². The van der Waals surface area contributed by atoms with E-state index in [0.29, 0.717) is 0 Å². The van der Waals surface area contributed by atoms with Crippen molar-refractivity contribution >= 4 is 15.7 Å². The van der Waals surface area contributed by atoms with Gasteiger partial charge in [-0.3, -0.25) is 0 Å². The van der Waals surface area contributed by atoms with Gasteiger partial charge in [0.05, 0.1) is 5.69 Å². The topological polar surface area (TPSA) is 95.4 Å². The number of primary sulfonamides is 1. The second-order valence-corrected chi connectivity index (χ2v) is 4.44. The zero-order valence-corrected chi connectivity index (χ0v) is 8.88. The molecule has 0 atom stereocenters. The van der Waals surface area contributed by atoms with Crippen LogP contribution in [0.2, 0.25) is 0 Å². The minimum absolute atomic E-state index is 0.133. The third kappa shape index (κ3) is 3.04. The lowest BCUT2D eigenvalue weighted by molar-refractivity contribution is 0.0822. The van der Waals surface area contributed by atoms with Crippen molar-refractivity contribution < 1.29 is 21.9 Å². The van der Waals surface area contributed by atoms with Crippen LogP contribution in [0.4, 0.5) is 14.5 Å². The Bertz CT molecular complexity index is 476. The molecule has 0 spiro atoms. The van der Waals surface area contributed by atoms with Crippen molar-refractivity contribution in [2.45, 2.75) is 11.3 Å². The fourth-order valence-electron chi connectivity index (χ4n) is 1.05.